The van der Waals surface area contributed by atoms with Crippen LogP contribution in [0.2, 0.25) is 0 Å². The van der Waals surface area contributed by atoms with Crippen molar-refractivity contribution in [2.75, 3.05) is 35.2 Å². The molecule has 11 heteroatoms. The zero-order valence-electron chi connectivity index (χ0n) is 26.8. The van der Waals surface area contributed by atoms with Gasteiger partial charge in [-0.15, -0.1) is 0 Å². The van der Waals surface area contributed by atoms with Gasteiger partial charge in [0.2, 0.25) is 5.95 Å². The van der Waals surface area contributed by atoms with Gasteiger partial charge in [-0.1, -0.05) is 24.3 Å². The molecule has 0 radical (unpaired) electrons. The molecule has 0 unspecified atom stereocenters. The number of nitrogens with zero attached hydrogens (tertiary/aromatic N) is 6. The predicted molar refractivity (Wildman–Crippen MR) is 183 cm³/mol. The first-order valence-corrected chi connectivity index (χ1v) is 16.2. The largest absolute Gasteiger partial charge is 0.371 e. The lowest BCUT2D eigenvalue weighted by Crippen LogP contribution is -2.46. The van der Waals surface area contributed by atoms with Crippen LogP contribution in [0.25, 0.3) is 11.0 Å². The SMILES string of the molecule is Cc1cccc(C)c1Nc1nn(C)c2nc(Nc3ccc4c(c3)CN(C3CCN(c5ccc6c(c5)C(=O)NC6=O)CC3)CC4)ncc12. The molecule has 2 amide bonds. The first kappa shape index (κ1) is 29.1. The predicted octanol–water partition coefficient (Wildman–Crippen LogP) is 5.38. The number of carbonyl (C=O) groups excluding carboxylic acids is 2. The number of nitrogens with one attached hydrogen (secondary N) is 3. The molecule has 0 bridgehead atoms. The van der Waals surface area contributed by atoms with Crippen molar-refractivity contribution >= 4 is 51.7 Å². The molecule has 1 fully saturated rings. The number of carbonyl (C=O) groups is 2. The number of piperidine rings is 1. The Morgan fingerprint density at radius 2 is 1.66 bits per heavy atom. The maximum atomic E-state index is 12.2. The van der Waals surface area contributed by atoms with Gasteiger partial charge >= 0.3 is 0 Å². The molecule has 3 aliphatic heterocycles. The number of amides is 2. The van der Waals surface area contributed by atoms with Gasteiger partial charge in [-0.05, 0) is 85.7 Å². The van der Waals surface area contributed by atoms with Crippen LogP contribution in [-0.2, 0) is 20.0 Å². The molecule has 0 saturated carbocycles. The summed E-state index contributed by atoms with van der Waals surface area (Å²) in [6.07, 6.45) is 4.96. The zero-order valence-corrected chi connectivity index (χ0v) is 26.8. The first-order chi connectivity index (χ1) is 22.8. The fraction of sp³-hybridized carbons (Fsp3) is 0.306. The summed E-state index contributed by atoms with van der Waals surface area (Å²) < 4.78 is 1.79. The van der Waals surface area contributed by atoms with Gasteiger partial charge in [-0.3, -0.25) is 19.8 Å². The number of anilines is 5. The molecule has 11 nitrogen and oxygen atoms in total. The standard InChI is InChI=1S/C36H37N9O2/c1-21-5-4-6-22(2)31(21)39-32-30-19-37-36(40-33(30)43(3)42-32)38-25-8-7-23-11-14-45(20-24(23)17-25)26-12-15-44(16-13-26)27-9-10-28-29(18-27)35(47)41-34(28)46/h4-10,17-19,26H,11-16,20H2,1-3H3,(H,39,42)(H,37,38,40)(H,41,46,47). The number of aromatic nitrogens is 4. The topological polar surface area (TPSA) is 120 Å². The van der Waals surface area contributed by atoms with Crippen LogP contribution in [-0.4, -0.2) is 62.1 Å². The van der Waals surface area contributed by atoms with E-state index in [2.05, 4.69) is 81.0 Å². The smallest absolute Gasteiger partial charge is 0.259 e. The molecule has 3 N–H and O–H groups in total. The molecule has 0 atom stereocenters. The van der Waals surface area contributed by atoms with Gasteiger partial charge < -0.3 is 15.5 Å². The summed E-state index contributed by atoms with van der Waals surface area (Å²) in [6, 6.07) is 18.9. The summed E-state index contributed by atoms with van der Waals surface area (Å²) in [6.45, 7) is 7.96. The van der Waals surface area contributed by atoms with Gasteiger partial charge in [0.05, 0.1) is 16.5 Å². The Kier molecular flexibility index (Phi) is 7.13. The molecule has 3 aromatic carbocycles. The van der Waals surface area contributed by atoms with E-state index in [1.807, 2.05) is 25.4 Å². The number of imide groups is 1. The van der Waals surface area contributed by atoms with Crippen molar-refractivity contribution in [1.82, 2.24) is 30.0 Å². The molecule has 0 spiro atoms. The Hall–Kier alpha value is -5.29. The molecule has 3 aliphatic rings. The van der Waals surface area contributed by atoms with Crippen molar-refractivity contribution in [2.24, 2.45) is 7.05 Å². The normalized spacial score (nSPS) is 16.7. The number of hydrogen-bond acceptors (Lipinski definition) is 9. The number of benzene rings is 3. The van der Waals surface area contributed by atoms with Crippen molar-refractivity contribution in [1.29, 1.82) is 0 Å². The van der Waals surface area contributed by atoms with Crippen molar-refractivity contribution in [3.05, 3.63) is 94.2 Å². The van der Waals surface area contributed by atoms with E-state index in [1.165, 1.54) is 11.1 Å². The van der Waals surface area contributed by atoms with Crippen molar-refractivity contribution in [2.45, 2.75) is 45.7 Å². The summed E-state index contributed by atoms with van der Waals surface area (Å²) in [5, 5.41) is 14.9. The minimum atomic E-state index is -0.309. The van der Waals surface area contributed by atoms with E-state index in [1.54, 1.807) is 10.7 Å². The third-order valence-corrected chi connectivity index (χ3v) is 9.87. The van der Waals surface area contributed by atoms with E-state index in [4.69, 9.17) is 10.1 Å². The van der Waals surface area contributed by atoms with Crippen LogP contribution >= 0.6 is 0 Å². The van der Waals surface area contributed by atoms with Gasteiger partial charge in [-0.25, -0.2) is 9.67 Å². The lowest BCUT2D eigenvalue weighted by atomic mass is 9.94. The van der Waals surface area contributed by atoms with Crippen LogP contribution in [0.5, 0.6) is 0 Å². The second-order valence-corrected chi connectivity index (χ2v) is 12.9. The average molecular weight is 628 g/mol. The van der Waals surface area contributed by atoms with Crippen LogP contribution in [0.4, 0.5) is 28.8 Å². The highest BCUT2D eigenvalue weighted by atomic mass is 16.2. The molecule has 5 aromatic rings. The summed E-state index contributed by atoms with van der Waals surface area (Å²) in [5.41, 5.74) is 9.76. The fourth-order valence-corrected chi connectivity index (χ4v) is 7.26. The third kappa shape index (κ3) is 5.36. The van der Waals surface area contributed by atoms with Gasteiger partial charge in [0.1, 0.15) is 0 Å². The van der Waals surface area contributed by atoms with E-state index < -0.39 is 0 Å². The molecule has 47 heavy (non-hydrogen) atoms. The van der Waals surface area contributed by atoms with Gasteiger partial charge in [-0.2, -0.15) is 10.1 Å². The number of rotatable bonds is 6. The maximum Gasteiger partial charge on any atom is 0.259 e. The third-order valence-electron chi connectivity index (χ3n) is 9.87. The molecule has 5 heterocycles. The van der Waals surface area contributed by atoms with Crippen LogP contribution in [0.3, 0.4) is 0 Å². The molecule has 0 aliphatic carbocycles. The Morgan fingerprint density at radius 3 is 2.47 bits per heavy atom. The first-order valence-electron chi connectivity index (χ1n) is 16.2. The molecule has 2 aromatic heterocycles. The zero-order chi connectivity index (χ0) is 32.2. The van der Waals surface area contributed by atoms with E-state index >= 15 is 0 Å². The molecule has 1 saturated heterocycles. The Balaban J connectivity index is 0.934. The minimum absolute atomic E-state index is 0.304. The maximum absolute atomic E-state index is 12.2. The summed E-state index contributed by atoms with van der Waals surface area (Å²) in [7, 11) is 1.90. The second-order valence-electron chi connectivity index (χ2n) is 12.9. The highest BCUT2D eigenvalue weighted by Crippen LogP contribution is 2.32. The molecular weight excluding hydrogens is 590 g/mol. The van der Waals surface area contributed by atoms with Gasteiger partial charge in [0.15, 0.2) is 11.5 Å². The molecule has 8 rings (SSSR count). The average Bonchev–Trinajstić information content (AvgIpc) is 3.55. The van der Waals surface area contributed by atoms with Crippen LogP contribution < -0.4 is 20.9 Å². The van der Waals surface area contributed by atoms with Gasteiger partial charge in [0, 0.05) is 62.5 Å². The van der Waals surface area contributed by atoms with E-state index in [0.717, 1.165) is 90.5 Å². The Labute approximate surface area is 273 Å². The highest BCUT2D eigenvalue weighted by Gasteiger charge is 2.30. The number of hydrogen-bond donors (Lipinski definition) is 3. The fourth-order valence-electron chi connectivity index (χ4n) is 7.26. The highest BCUT2D eigenvalue weighted by molar-refractivity contribution is 6.21. The lowest BCUT2D eigenvalue weighted by Gasteiger charge is -2.41. The van der Waals surface area contributed by atoms with Gasteiger partial charge in [0.25, 0.3) is 11.8 Å². The Bertz CT molecular complexity index is 2040. The molecular formula is C36H37N9O2. The number of para-hydroxylation sites is 1. The van der Waals surface area contributed by atoms with Crippen LogP contribution in [0.15, 0.2) is 60.8 Å². The minimum Gasteiger partial charge on any atom is -0.371 e. The quantitative estimate of drug-likeness (QED) is 0.213. The molecule has 238 valence electrons. The lowest BCUT2D eigenvalue weighted by molar-refractivity contribution is 0.0879. The Morgan fingerprint density at radius 1 is 0.872 bits per heavy atom. The second kappa shape index (κ2) is 11.5. The van der Waals surface area contributed by atoms with E-state index in [-0.39, 0.29) is 11.8 Å². The number of fused-ring (bicyclic) bond motifs is 3. The monoisotopic (exact) mass is 627 g/mol. The van der Waals surface area contributed by atoms with Crippen molar-refractivity contribution in [3.63, 3.8) is 0 Å². The van der Waals surface area contributed by atoms with Crippen LogP contribution in [0, 0.1) is 13.8 Å². The summed E-state index contributed by atoms with van der Waals surface area (Å²) in [5.74, 6) is 0.661. The summed E-state index contributed by atoms with van der Waals surface area (Å²) >= 11 is 0. The van der Waals surface area contributed by atoms with E-state index in [0.29, 0.717) is 23.1 Å². The number of aryl methyl sites for hydroxylation is 3. The van der Waals surface area contributed by atoms with Crippen molar-refractivity contribution < 1.29 is 9.59 Å². The van der Waals surface area contributed by atoms with E-state index in [9.17, 15) is 9.59 Å². The summed E-state index contributed by atoms with van der Waals surface area (Å²) in [4.78, 5) is 38.5. The van der Waals surface area contributed by atoms with Crippen LogP contribution in [0.1, 0.15) is 55.8 Å². The van der Waals surface area contributed by atoms with Crippen molar-refractivity contribution in [3.8, 4) is 0 Å².